The van der Waals surface area contributed by atoms with E-state index in [1.54, 1.807) is 0 Å². The maximum Gasteiger partial charge on any atom is 0.168 e. The molecule has 88 valence electrons. The van der Waals surface area contributed by atoms with Crippen LogP contribution in [0.5, 0.6) is 0 Å². The van der Waals surface area contributed by atoms with Crippen molar-refractivity contribution in [1.82, 2.24) is 4.90 Å². The average molecular weight is 213 g/mol. The van der Waals surface area contributed by atoms with Crippen LogP contribution in [-0.4, -0.2) is 43.0 Å². The quantitative estimate of drug-likeness (QED) is 0.716. The Bertz CT molecular complexity index is 188. The second-order valence-corrected chi connectivity index (χ2v) is 4.56. The summed E-state index contributed by atoms with van der Waals surface area (Å²) >= 11 is 0. The molecule has 0 aromatic heterocycles. The lowest BCUT2D eigenvalue weighted by Gasteiger charge is -2.39. The fourth-order valence-corrected chi connectivity index (χ4v) is 2.93. The third kappa shape index (κ3) is 2.35. The second kappa shape index (κ2) is 4.81. The SMILES string of the molecule is CCN(CC)C1CCC2(CC1)OCCO2. The lowest BCUT2D eigenvalue weighted by atomic mass is 9.89. The molecule has 1 saturated heterocycles. The van der Waals surface area contributed by atoms with Gasteiger partial charge in [0, 0.05) is 18.9 Å². The van der Waals surface area contributed by atoms with E-state index in [0.717, 1.165) is 45.2 Å². The molecule has 0 unspecified atom stereocenters. The van der Waals surface area contributed by atoms with Crippen molar-refractivity contribution in [2.75, 3.05) is 26.3 Å². The molecule has 0 amide bonds. The zero-order chi connectivity index (χ0) is 10.7. The summed E-state index contributed by atoms with van der Waals surface area (Å²) in [6, 6.07) is 0.749. The van der Waals surface area contributed by atoms with Crippen LogP contribution in [0, 0.1) is 0 Å². The fraction of sp³-hybridized carbons (Fsp3) is 1.00. The lowest BCUT2D eigenvalue weighted by molar-refractivity contribution is -0.183. The Labute approximate surface area is 92.7 Å². The average Bonchev–Trinajstić information content (AvgIpc) is 2.72. The van der Waals surface area contributed by atoms with Gasteiger partial charge in [-0.15, -0.1) is 0 Å². The molecule has 0 aromatic rings. The summed E-state index contributed by atoms with van der Waals surface area (Å²) in [5, 5.41) is 0. The molecule has 1 aliphatic heterocycles. The van der Waals surface area contributed by atoms with Gasteiger partial charge < -0.3 is 14.4 Å². The van der Waals surface area contributed by atoms with Gasteiger partial charge in [-0.25, -0.2) is 0 Å². The van der Waals surface area contributed by atoms with Gasteiger partial charge in [0.1, 0.15) is 0 Å². The number of nitrogens with zero attached hydrogens (tertiary/aromatic N) is 1. The number of hydrogen-bond donors (Lipinski definition) is 0. The minimum absolute atomic E-state index is 0.191. The van der Waals surface area contributed by atoms with E-state index in [-0.39, 0.29) is 5.79 Å². The predicted molar refractivity (Wildman–Crippen MR) is 59.8 cm³/mol. The molecule has 3 heteroatoms. The summed E-state index contributed by atoms with van der Waals surface area (Å²) in [6.45, 7) is 8.39. The smallest absolute Gasteiger partial charge is 0.168 e. The van der Waals surface area contributed by atoms with Gasteiger partial charge in [0.05, 0.1) is 13.2 Å². The van der Waals surface area contributed by atoms with Crippen LogP contribution in [0.4, 0.5) is 0 Å². The zero-order valence-corrected chi connectivity index (χ0v) is 10.00. The molecule has 2 fully saturated rings. The van der Waals surface area contributed by atoms with E-state index in [1.807, 2.05) is 0 Å². The molecule has 2 aliphatic rings. The lowest BCUT2D eigenvalue weighted by Crippen LogP contribution is -2.44. The summed E-state index contributed by atoms with van der Waals surface area (Å²) in [5.74, 6) is -0.191. The van der Waals surface area contributed by atoms with E-state index in [1.165, 1.54) is 12.8 Å². The molecule has 1 spiro atoms. The van der Waals surface area contributed by atoms with Crippen molar-refractivity contribution in [3.63, 3.8) is 0 Å². The molecule has 0 aromatic carbocycles. The van der Waals surface area contributed by atoms with E-state index in [0.29, 0.717) is 0 Å². The molecular weight excluding hydrogens is 190 g/mol. The summed E-state index contributed by atoms with van der Waals surface area (Å²) in [4.78, 5) is 2.56. The van der Waals surface area contributed by atoms with Crippen LogP contribution in [0.2, 0.25) is 0 Å². The fourth-order valence-electron chi connectivity index (χ4n) is 2.93. The normalized spacial score (nSPS) is 26.6. The highest BCUT2D eigenvalue weighted by atomic mass is 16.7. The molecule has 0 radical (unpaired) electrons. The first kappa shape index (κ1) is 11.4. The van der Waals surface area contributed by atoms with E-state index in [4.69, 9.17) is 9.47 Å². The number of rotatable bonds is 3. The molecule has 0 N–H and O–H groups in total. The summed E-state index contributed by atoms with van der Waals surface area (Å²) < 4.78 is 11.5. The van der Waals surface area contributed by atoms with Crippen molar-refractivity contribution in [1.29, 1.82) is 0 Å². The largest absolute Gasteiger partial charge is 0.348 e. The van der Waals surface area contributed by atoms with Crippen LogP contribution in [0.15, 0.2) is 0 Å². The van der Waals surface area contributed by atoms with Crippen LogP contribution < -0.4 is 0 Å². The molecule has 0 atom stereocenters. The molecule has 2 rings (SSSR count). The third-order valence-electron chi connectivity index (χ3n) is 3.86. The Morgan fingerprint density at radius 2 is 1.60 bits per heavy atom. The number of hydrogen-bond acceptors (Lipinski definition) is 3. The van der Waals surface area contributed by atoms with Gasteiger partial charge in [-0.1, -0.05) is 13.8 Å². The highest BCUT2D eigenvalue weighted by molar-refractivity contribution is 4.86. The Hall–Kier alpha value is -0.120. The molecule has 1 saturated carbocycles. The number of ether oxygens (including phenoxy) is 2. The molecule has 1 heterocycles. The van der Waals surface area contributed by atoms with E-state index in [9.17, 15) is 0 Å². The molecular formula is C12H23NO2. The van der Waals surface area contributed by atoms with Crippen molar-refractivity contribution in [3.05, 3.63) is 0 Å². The second-order valence-electron chi connectivity index (χ2n) is 4.56. The molecule has 0 bridgehead atoms. The van der Waals surface area contributed by atoms with E-state index >= 15 is 0 Å². The van der Waals surface area contributed by atoms with Crippen LogP contribution in [0.3, 0.4) is 0 Å². The van der Waals surface area contributed by atoms with Crippen molar-refractivity contribution in [3.8, 4) is 0 Å². The molecule has 15 heavy (non-hydrogen) atoms. The van der Waals surface area contributed by atoms with E-state index in [2.05, 4.69) is 18.7 Å². The minimum atomic E-state index is -0.191. The van der Waals surface area contributed by atoms with Crippen molar-refractivity contribution < 1.29 is 9.47 Å². The minimum Gasteiger partial charge on any atom is -0.348 e. The Morgan fingerprint density at radius 1 is 1.07 bits per heavy atom. The third-order valence-corrected chi connectivity index (χ3v) is 3.86. The first-order valence-electron chi connectivity index (χ1n) is 6.31. The predicted octanol–water partition coefficient (Wildman–Crippen LogP) is 2.01. The summed E-state index contributed by atoms with van der Waals surface area (Å²) in [6.07, 6.45) is 4.60. The van der Waals surface area contributed by atoms with Gasteiger partial charge in [0.2, 0.25) is 0 Å². The van der Waals surface area contributed by atoms with Crippen LogP contribution in [0.25, 0.3) is 0 Å². The van der Waals surface area contributed by atoms with Crippen molar-refractivity contribution in [2.45, 2.75) is 51.4 Å². The van der Waals surface area contributed by atoms with Crippen LogP contribution >= 0.6 is 0 Å². The maximum atomic E-state index is 5.74. The van der Waals surface area contributed by atoms with Gasteiger partial charge in [-0.2, -0.15) is 0 Å². The van der Waals surface area contributed by atoms with Crippen molar-refractivity contribution >= 4 is 0 Å². The first-order chi connectivity index (χ1) is 7.29. The topological polar surface area (TPSA) is 21.7 Å². The maximum absolute atomic E-state index is 5.74. The molecule has 3 nitrogen and oxygen atoms in total. The summed E-state index contributed by atoms with van der Waals surface area (Å²) in [7, 11) is 0. The first-order valence-corrected chi connectivity index (χ1v) is 6.31. The summed E-state index contributed by atoms with van der Waals surface area (Å²) in [5.41, 5.74) is 0. The standard InChI is InChI=1S/C12H23NO2/c1-3-13(4-2)11-5-7-12(8-6-11)14-9-10-15-12/h11H,3-10H2,1-2H3. The van der Waals surface area contributed by atoms with Gasteiger partial charge in [-0.3, -0.25) is 0 Å². The van der Waals surface area contributed by atoms with Crippen molar-refractivity contribution in [2.24, 2.45) is 0 Å². The zero-order valence-electron chi connectivity index (χ0n) is 10.00. The molecule has 1 aliphatic carbocycles. The van der Waals surface area contributed by atoms with Gasteiger partial charge >= 0.3 is 0 Å². The van der Waals surface area contributed by atoms with Gasteiger partial charge in [0.25, 0.3) is 0 Å². The highest BCUT2D eigenvalue weighted by Gasteiger charge is 2.40. The Morgan fingerprint density at radius 3 is 2.07 bits per heavy atom. The van der Waals surface area contributed by atoms with Crippen LogP contribution in [-0.2, 0) is 9.47 Å². The Kier molecular flexibility index (Phi) is 3.65. The van der Waals surface area contributed by atoms with Crippen LogP contribution in [0.1, 0.15) is 39.5 Å². The van der Waals surface area contributed by atoms with Gasteiger partial charge in [0.15, 0.2) is 5.79 Å². The van der Waals surface area contributed by atoms with Gasteiger partial charge in [-0.05, 0) is 25.9 Å². The van der Waals surface area contributed by atoms with E-state index < -0.39 is 0 Å². The Balaban J connectivity index is 1.85. The monoisotopic (exact) mass is 213 g/mol. The highest BCUT2D eigenvalue weighted by Crippen LogP contribution is 2.37.